The van der Waals surface area contributed by atoms with Crippen LogP contribution in [0.2, 0.25) is 8.67 Å². The summed E-state index contributed by atoms with van der Waals surface area (Å²) in [6, 6.07) is 8.04. The summed E-state index contributed by atoms with van der Waals surface area (Å²) in [5.41, 5.74) is 7.03. The van der Waals surface area contributed by atoms with Crippen LogP contribution >= 0.6 is 34.5 Å². The van der Waals surface area contributed by atoms with Crippen LogP contribution in [0.3, 0.4) is 0 Å². The van der Waals surface area contributed by atoms with Gasteiger partial charge in [-0.1, -0.05) is 35.3 Å². The molecule has 1 atom stereocenters. The Balaban J connectivity index is 2.33. The predicted molar refractivity (Wildman–Crippen MR) is 84.2 cm³/mol. The Labute approximate surface area is 131 Å². The van der Waals surface area contributed by atoms with Crippen molar-refractivity contribution in [1.29, 1.82) is 0 Å². The quantitative estimate of drug-likeness (QED) is 0.878. The number of thiophene rings is 1. The Morgan fingerprint density at radius 1 is 1.30 bits per heavy atom. The fraction of sp³-hybridized carbons (Fsp3) is 0.167. The van der Waals surface area contributed by atoms with E-state index < -0.39 is 10.0 Å². The second kappa shape index (κ2) is 5.91. The summed E-state index contributed by atoms with van der Waals surface area (Å²) in [6.07, 6.45) is 0. The van der Waals surface area contributed by atoms with Gasteiger partial charge in [0.25, 0.3) is 10.0 Å². The maximum Gasteiger partial charge on any atom is 0.264 e. The number of anilines is 1. The molecule has 0 radical (unpaired) electrons. The van der Waals surface area contributed by atoms with E-state index in [9.17, 15) is 8.42 Å². The largest absolute Gasteiger partial charge is 0.324 e. The summed E-state index contributed by atoms with van der Waals surface area (Å²) in [6.45, 7) is 1.82. The predicted octanol–water partition coefficient (Wildman–Crippen LogP) is 3.88. The van der Waals surface area contributed by atoms with Gasteiger partial charge in [0.15, 0.2) is 0 Å². The number of rotatable bonds is 4. The highest BCUT2D eigenvalue weighted by Crippen LogP contribution is 2.35. The van der Waals surface area contributed by atoms with E-state index >= 15 is 0 Å². The van der Waals surface area contributed by atoms with Crippen molar-refractivity contribution in [3.8, 4) is 0 Å². The fourth-order valence-electron chi connectivity index (χ4n) is 1.60. The van der Waals surface area contributed by atoms with Crippen LogP contribution in [-0.2, 0) is 10.0 Å². The molecule has 1 heterocycles. The second-order valence-electron chi connectivity index (χ2n) is 4.21. The van der Waals surface area contributed by atoms with E-state index in [1.54, 1.807) is 18.2 Å². The Kier molecular flexibility index (Phi) is 4.61. The molecule has 0 saturated carbocycles. The Hall–Kier alpha value is -0.790. The van der Waals surface area contributed by atoms with Crippen LogP contribution in [0, 0.1) is 0 Å². The summed E-state index contributed by atoms with van der Waals surface area (Å²) in [7, 11) is -3.76. The lowest BCUT2D eigenvalue weighted by Gasteiger charge is -2.10. The molecule has 0 aliphatic rings. The lowest BCUT2D eigenvalue weighted by Crippen LogP contribution is -2.13. The third-order valence-electron chi connectivity index (χ3n) is 2.58. The molecule has 0 saturated heterocycles. The van der Waals surface area contributed by atoms with Crippen LogP contribution in [0.5, 0.6) is 0 Å². The van der Waals surface area contributed by atoms with Crippen LogP contribution in [-0.4, -0.2) is 8.42 Å². The Morgan fingerprint density at radius 2 is 2.00 bits per heavy atom. The minimum absolute atomic E-state index is 0.0274. The van der Waals surface area contributed by atoms with Gasteiger partial charge in [-0.2, -0.15) is 0 Å². The van der Waals surface area contributed by atoms with Crippen LogP contribution in [0.25, 0.3) is 0 Å². The molecule has 4 nitrogen and oxygen atoms in total. The maximum atomic E-state index is 12.2. The van der Waals surface area contributed by atoms with E-state index in [2.05, 4.69) is 4.72 Å². The van der Waals surface area contributed by atoms with Crippen LogP contribution in [0.1, 0.15) is 18.5 Å². The first-order valence-electron chi connectivity index (χ1n) is 5.63. The molecule has 0 amide bonds. The smallest absolute Gasteiger partial charge is 0.264 e. The molecular weight excluding hydrogens is 339 g/mol. The molecule has 1 unspecified atom stereocenters. The Morgan fingerprint density at radius 3 is 2.55 bits per heavy atom. The van der Waals surface area contributed by atoms with Crippen molar-refractivity contribution in [2.75, 3.05) is 4.72 Å². The number of halogens is 2. The first kappa shape index (κ1) is 15.6. The van der Waals surface area contributed by atoms with Crippen molar-refractivity contribution in [2.24, 2.45) is 5.73 Å². The monoisotopic (exact) mass is 350 g/mol. The number of nitrogens with two attached hydrogens (primary N) is 1. The highest BCUT2D eigenvalue weighted by atomic mass is 35.5. The third kappa shape index (κ3) is 3.45. The minimum atomic E-state index is -3.76. The lowest BCUT2D eigenvalue weighted by molar-refractivity contribution is 0.601. The SMILES string of the molecule is CC(N)c1cccc(NS(=O)(=O)c2cc(Cl)sc2Cl)c1. The highest BCUT2D eigenvalue weighted by molar-refractivity contribution is 7.93. The van der Waals surface area contributed by atoms with Gasteiger partial charge in [-0.05, 0) is 30.7 Å². The Bertz CT molecular complexity index is 727. The average molecular weight is 351 g/mol. The zero-order valence-corrected chi connectivity index (χ0v) is 13.6. The van der Waals surface area contributed by atoms with E-state index in [1.807, 2.05) is 13.0 Å². The molecule has 0 bridgehead atoms. The molecule has 8 heteroatoms. The molecule has 0 aliphatic heterocycles. The summed E-state index contributed by atoms with van der Waals surface area (Å²) in [5, 5.41) is 0. The number of sulfonamides is 1. The van der Waals surface area contributed by atoms with E-state index in [0.717, 1.165) is 16.9 Å². The van der Waals surface area contributed by atoms with Gasteiger partial charge in [-0.3, -0.25) is 4.72 Å². The highest BCUT2D eigenvalue weighted by Gasteiger charge is 2.21. The van der Waals surface area contributed by atoms with Gasteiger partial charge in [0.05, 0.1) is 4.34 Å². The van der Waals surface area contributed by atoms with Gasteiger partial charge >= 0.3 is 0 Å². The van der Waals surface area contributed by atoms with Crippen molar-refractivity contribution < 1.29 is 8.42 Å². The molecule has 0 fully saturated rings. The molecule has 1 aromatic carbocycles. The minimum Gasteiger partial charge on any atom is -0.324 e. The number of nitrogens with one attached hydrogen (secondary N) is 1. The molecule has 108 valence electrons. The van der Waals surface area contributed by atoms with Gasteiger partial charge in [0.1, 0.15) is 9.23 Å². The van der Waals surface area contributed by atoms with E-state index in [-0.39, 0.29) is 15.3 Å². The van der Waals surface area contributed by atoms with Gasteiger partial charge in [0.2, 0.25) is 0 Å². The molecule has 0 spiro atoms. The summed E-state index contributed by atoms with van der Waals surface area (Å²) in [5.74, 6) is 0. The molecule has 1 aromatic heterocycles. The van der Waals surface area contributed by atoms with Crippen molar-refractivity contribution in [3.63, 3.8) is 0 Å². The van der Waals surface area contributed by atoms with Gasteiger partial charge in [-0.15, -0.1) is 11.3 Å². The number of hydrogen-bond donors (Lipinski definition) is 2. The summed E-state index contributed by atoms with van der Waals surface area (Å²) < 4.78 is 27.4. The molecule has 3 N–H and O–H groups in total. The zero-order chi connectivity index (χ0) is 14.9. The fourth-order valence-corrected chi connectivity index (χ4v) is 4.80. The normalized spacial score (nSPS) is 13.2. The van der Waals surface area contributed by atoms with Crippen LogP contribution in [0.4, 0.5) is 5.69 Å². The molecule has 0 aliphatic carbocycles. The zero-order valence-electron chi connectivity index (χ0n) is 10.4. The van der Waals surface area contributed by atoms with Crippen LogP contribution < -0.4 is 10.5 Å². The van der Waals surface area contributed by atoms with Gasteiger partial charge < -0.3 is 5.73 Å². The van der Waals surface area contributed by atoms with Crippen molar-refractivity contribution in [3.05, 3.63) is 44.6 Å². The molecule has 20 heavy (non-hydrogen) atoms. The first-order valence-corrected chi connectivity index (χ1v) is 8.68. The third-order valence-corrected chi connectivity index (χ3v) is 5.71. The number of benzene rings is 1. The maximum absolute atomic E-state index is 12.2. The van der Waals surface area contributed by atoms with E-state index in [0.29, 0.717) is 10.0 Å². The molecule has 2 rings (SSSR count). The lowest BCUT2D eigenvalue weighted by atomic mass is 10.1. The van der Waals surface area contributed by atoms with E-state index in [1.165, 1.54) is 6.07 Å². The van der Waals surface area contributed by atoms with Crippen molar-refractivity contribution >= 4 is 50.2 Å². The molecular formula is C12H12Cl2N2O2S2. The summed E-state index contributed by atoms with van der Waals surface area (Å²) in [4.78, 5) is -0.0274. The van der Waals surface area contributed by atoms with Crippen molar-refractivity contribution in [1.82, 2.24) is 0 Å². The standard InChI is InChI=1S/C12H12Cl2N2O2S2/c1-7(15)8-3-2-4-9(5-8)16-20(17,18)10-6-11(13)19-12(10)14/h2-7,16H,15H2,1H3. The number of hydrogen-bond acceptors (Lipinski definition) is 4. The van der Waals surface area contributed by atoms with Gasteiger partial charge in [0, 0.05) is 11.7 Å². The topological polar surface area (TPSA) is 72.2 Å². The summed E-state index contributed by atoms with van der Waals surface area (Å²) >= 11 is 12.6. The van der Waals surface area contributed by atoms with Crippen LogP contribution in [0.15, 0.2) is 35.2 Å². The second-order valence-corrected chi connectivity index (χ2v) is 8.14. The van der Waals surface area contributed by atoms with Gasteiger partial charge in [-0.25, -0.2) is 8.42 Å². The molecule has 2 aromatic rings. The van der Waals surface area contributed by atoms with E-state index in [4.69, 9.17) is 28.9 Å². The first-order chi connectivity index (χ1) is 9.29. The van der Waals surface area contributed by atoms with Crippen molar-refractivity contribution in [2.45, 2.75) is 17.9 Å². The average Bonchev–Trinajstić information content (AvgIpc) is 2.69.